The van der Waals surface area contributed by atoms with Crippen molar-refractivity contribution in [1.82, 2.24) is 10.3 Å². The first-order valence-corrected chi connectivity index (χ1v) is 9.19. The highest BCUT2D eigenvalue weighted by molar-refractivity contribution is 5.95. The summed E-state index contributed by atoms with van der Waals surface area (Å²) in [6.07, 6.45) is -3.71. The minimum absolute atomic E-state index is 0.0500. The van der Waals surface area contributed by atoms with Gasteiger partial charge >= 0.3 is 12.2 Å². The van der Waals surface area contributed by atoms with Crippen LogP contribution in [0.25, 0.3) is 11.3 Å². The molecule has 1 aromatic heterocycles. The first kappa shape index (κ1) is 20.0. The molecule has 1 aromatic carbocycles. The second-order valence-electron chi connectivity index (χ2n) is 7.18. The zero-order valence-electron chi connectivity index (χ0n) is 16.0. The molecule has 0 spiro atoms. The molecule has 1 atom stereocenters. The summed E-state index contributed by atoms with van der Waals surface area (Å²) in [6, 6.07) is 8.01. The summed E-state index contributed by atoms with van der Waals surface area (Å²) in [4.78, 5) is 18.9. The number of fused-ring (bicyclic) bond motifs is 1. The van der Waals surface area contributed by atoms with Gasteiger partial charge in [0.25, 0.3) is 0 Å². The molecule has 1 aliphatic heterocycles. The van der Waals surface area contributed by atoms with Gasteiger partial charge in [-0.2, -0.15) is 13.2 Å². The molecule has 2 heterocycles. The van der Waals surface area contributed by atoms with Gasteiger partial charge in [-0.3, -0.25) is 4.90 Å². The second kappa shape index (κ2) is 7.69. The van der Waals surface area contributed by atoms with Gasteiger partial charge in [0.1, 0.15) is 0 Å². The van der Waals surface area contributed by atoms with Crippen molar-refractivity contribution in [2.75, 3.05) is 16.8 Å². The van der Waals surface area contributed by atoms with Crippen LogP contribution in [0.4, 0.5) is 29.5 Å². The number of anilines is 2. The number of amides is 2. The average Bonchev–Trinajstić information content (AvgIpc) is 2.78. The van der Waals surface area contributed by atoms with E-state index in [2.05, 4.69) is 15.6 Å². The van der Waals surface area contributed by atoms with Crippen molar-refractivity contribution < 1.29 is 18.0 Å². The first-order chi connectivity index (χ1) is 13.2. The summed E-state index contributed by atoms with van der Waals surface area (Å²) in [5.41, 5.74) is 0.670. The van der Waals surface area contributed by atoms with E-state index in [9.17, 15) is 18.0 Å². The summed E-state index contributed by atoms with van der Waals surface area (Å²) in [5, 5.41) is 6.11. The minimum atomic E-state index is -4.43. The molecule has 2 N–H and O–H groups in total. The monoisotopic (exact) mass is 392 g/mol. The van der Waals surface area contributed by atoms with E-state index in [1.807, 2.05) is 20.8 Å². The number of rotatable bonds is 2. The lowest BCUT2D eigenvalue weighted by Gasteiger charge is -2.28. The fourth-order valence-electron chi connectivity index (χ4n) is 3.15. The van der Waals surface area contributed by atoms with Gasteiger partial charge in [0.05, 0.1) is 16.9 Å². The number of urea groups is 1. The zero-order chi connectivity index (χ0) is 20.5. The molecule has 5 nitrogen and oxygen atoms in total. The zero-order valence-corrected chi connectivity index (χ0v) is 16.0. The third kappa shape index (κ3) is 4.21. The third-order valence-electron chi connectivity index (χ3n) is 4.54. The number of carbonyl (C=O) groups excluding carboxylic acids is 1. The Hall–Kier alpha value is -2.77. The molecule has 1 aliphatic rings. The van der Waals surface area contributed by atoms with Crippen molar-refractivity contribution in [3.8, 4) is 11.3 Å². The van der Waals surface area contributed by atoms with Crippen LogP contribution >= 0.6 is 0 Å². The Kier molecular flexibility index (Phi) is 5.49. The van der Waals surface area contributed by atoms with Gasteiger partial charge in [-0.25, -0.2) is 9.78 Å². The third-order valence-corrected chi connectivity index (χ3v) is 4.54. The molecule has 0 bridgehead atoms. The van der Waals surface area contributed by atoms with Gasteiger partial charge in [-0.15, -0.1) is 0 Å². The van der Waals surface area contributed by atoms with Crippen LogP contribution in [0.1, 0.15) is 32.8 Å². The van der Waals surface area contributed by atoms with E-state index < -0.39 is 11.7 Å². The van der Waals surface area contributed by atoms with Gasteiger partial charge in [-0.1, -0.05) is 12.1 Å². The van der Waals surface area contributed by atoms with Gasteiger partial charge in [0.2, 0.25) is 0 Å². The van der Waals surface area contributed by atoms with E-state index in [-0.39, 0.29) is 18.1 Å². The Morgan fingerprint density at radius 3 is 2.71 bits per heavy atom. The molecule has 0 saturated carbocycles. The highest BCUT2D eigenvalue weighted by Crippen LogP contribution is 2.35. The number of hydrogen-bond donors (Lipinski definition) is 2. The molecule has 8 heteroatoms. The first-order valence-electron chi connectivity index (χ1n) is 9.19. The van der Waals surface area contributed by atoms with Crippen molar-refractivity contribution >= 4 is 17.5 Å². The van der Waals surface area contributed by atoms with Gasteiger partial charge in [-0.05, 0) is 51.5 Å². The number of hydrogen-bond acceptors (Lipinski definition) is 3. The fourth-order valence-corrected chi connectivity index (χ4v) is 3.15. The van der Waals surface area contributed by atoms with E-state index in [1.165, 1.54) is 6.07 Å². The highest BCUT2D eigenvalue weighted by Gasteiger charge is 2.31. The number of carbonyl (C=O) groups is 1. The lowest BCUT2D eigenvalue weighted by molar-refractivity contribution is -0.137. The number of alkyl halides is 3. The molecule has 28 heavy (non-hydrogen) atoms. The maximum absolute atomic E-state index is 13.1. The van der Waals surface area contributed by atoms with Crippen LogP contribution in [0.2, 0.25) is 0 Å². The largest absolute Gasteiger partial charge is 0.416 e. The van der Waals surface area contributed by atoms with Gasteiger partial charge in [0.15, 0.2) is 5.82 Å². The van der Waals surface area contributed by atoms with Crippen molar-refractivity contribution in [1.29, 1.82) is 0 Å². The molecule has 0 radical (unpaired) electrons. The van der Waals surface area contributed by atoms with E-state index >= 15 is 0 Å². The van der Waals surface area contributed by atoms with Crippen LogP contribution in [-0.4, -0.2) is 29.6 Å². The normalized spacial score (nSPS) is 17.0. The number of halogens is 3. The molecule has 0 aliphatic carbocycles. The Morgan fingerprint density at radius 1 is 1.29 bits per heavy atom. The number of nitrogens with one attached hydrogen (secondary N) is 2. The number of nitrogens with zero attached hydrogens (tertiary/aromatic N) is 2. The minimum Gasteiger partial charge on any atom is -0.382 e. The van der Waals surface area contributed by atoms with E-state index in [0.29, 0.717) is 29.3 Å². The van der Waals surface area contributed by atoms with Crippen LogP contribution in [-0.2, 0) is 6.18 Å². The molecular formula is C20H23F3N4O. The SMILES string of the molecule is CC(C)NC(=O)N1c2nc(-c3cccc(C(F)(F)F)c3)ccc2NCC[C@H]1C. The van der Waals surface area contributed by atoms with Crippen LogP contribution in [0.5, 0.6) is 0 Å². The quantitative estimate of drug-likeness (QED) is 0.765. The maximum atomic E-state index is 13.1. The smallest absolute Gasteiger partial charge is 0.382 e. The van der Waals surface area contributed by atoms with E-state index in [4.69, 9.17) is 0 Å². The lowest BCUT2D eigenvalue weighted by atomic mass is 10.1. The van der Waals surface area contributed by atoms with Crippen LogP contribution < -0.4 is 15.5 Å². The predicted octanol–water partition coefficient (Wildman–Crippen LogP) is 4.90. The van der Waals surface area contributed by atoms with Crippen LogP contribution in [0.3, 0.4) is 0 Å². The van der Waals surface area contributed by atoms with Crippen molar-refractivity contribution in [2.45, 2.75) is 45.5 Å². The van der Waals surface area contributed by atoms with Crippen molar-refractivity contribution in [3.63, 3.8) is 0 Å². The van der Waals surface area contributed by atoms with Crippen LogP contribution in [0, 0.1) is 0 Å². The molecule has 0 fully saturated rings. The topological polar surface area (TPSA) is 57.3 Å². The summed E-state index contributed by atoms with van der Waals surface area (Å²) in [5.74, 6) is 0.415. The van der Waals surface area contributed by atoms with Crippen molar-refractivity contribution in [2.24, 2.45) is 0 Å². The Labute approximate surface area is 162 Å². The summed E-state index contributed by atoms with van der Waals surface area (Å²) in [7, 11) is 0. The van der Waals surface area contributed by atoms with Crippen LogP contribution in [0.15, 0.2) is 36.4 Å². The summed E-state index contributed by atoms with van der Waals surface area (Å²) in [6.45, 7) is 6.33. The lowest BCUT2D eigenvalue weighted by Crippen LogP contribution is -2.47. The average molecular weight is 392 g/mol. The second-order valence-corrected chi connectivity index (χ2v) is 7.18. The standard InChI is InChI=1S/C20H23F3N4O/c1-12(2)25-19(28)27-13(3)9-10-24-17-8-7-16(26-18(17)27)14-5-4-6-15(11-14)20(21,22)23/h4-8,11-13,24H,9-10H2,1-3H3,(H,25,28)/t13-/m1/s1. The molecule has 2 amide bonds. The Bertz CT molecular complexity index is 867. The number of pyridine rings is 1. The summed E-state index contributed by atoms with van der Waals surface area (Å²) < 4.78 is 39.2. The molecule has 150 valence electrons. The summed E-state index contributed by atoms with van der Waals surface area (Å²) >= 11 is 0. The molecule has 0 unspecified atom stereocenters. The number of aromatic nitrogens is 1. The number of benzene rings is 1. The molecule has 0 saturated heterocycles. The Balaban J connectivity index is 2.06. The maximum Gasteiger partial charge on any atom is 0.416 e. The van der Waals surface area contributed by atoms with Crippen molar-refractivity contribution in [3.05, 3.63) is 42.0 Å². The highest BCUT2D eigenvalue weighted by atomic mass is 19.4. The fraction of sp³-hybridized carbons (Fsp3) is 0.400. The molecule has 2 aromatic rings. The van der Waals surface area contributed by atoms with E-state index in [1.54, 1.807) is 23.1 Å². The Morgan fingerprint density at radius 2 is 2.04 bits per heavy atom. The predicted molar refractivity (Wildman–Crippen MR) is 103 cm³/mol. The molecular weight excluding hydrogens is 369 g/mol. The van der Waals surface area contributed by atoms with E-state index in [0.717, 1.165) is 18.6 Å². The molecule has 3 rings (SSSR count). The van der Waals surface area contributed by atoms with Gasteiger partial charge in [0, 0.05) is 24.2 Å². The van der Waals surface area contributed by atoms with Gasteiger partial charge < -0.3 is 10.6 Å².